The SMILES string of the molecule is CC(C)c1ccc(C(C(=O)NC(C)(C)C)N(Cc2ccc(Cl)cc2)C(=O)CNC(=O)c2ccco2)cc1. The van der Waals surface area contributed by atoms with Gasteiger partial charge in [0.1, 0.15) is 6.04 Å². The molecular weight excluding hydrogens is 490 g/mol. The number of hydrogen-bond donors (Lipinski definition) is 2. The molecule has 0 aliphatic heterocycles. The van der Waals surface area contributed by atoms with E-state index in [1.807, 2.05) is 57.2 Å². The third-order valence-corrected chi connectivity index (χ3v) is 5.96. The van der Waals surface area contributed by atoms with Gasteiger partial charge in [-0.05, 0) is 67.6 Å². The second-order valence-corrected chi connectivity index (χ2v) is 10.7. The number of amides is 3. The summed E-state index contributed by atoms with van der Waals surface area (Å²) in [6.45, 7) is 9.68. The fourth-order valence-electron chi connectivity index (χ4n) is 3.84. The third-order valence-electron chi connectivity index (χ3n) is 5.71. The van der Waals surface area contributed by atoms with Gasteiger partial charge >= 0.3 is 0 Å². The van der Waals surface area contributed by atoms with Gasteiger partial charge in [-0.1, -0.05) is 61.8 Å². The van der Waals surface area contributed by atoms with Gasteiger partial charge in [-0.25, -0.2) is 0 Å². The van der Waals surface area contributed by atoms with Crippen molar-refractivity contribution >= 4 is 29.3 Å². The van der Waals surface area contributed by atoms with Crippen molar-refractivity contribution in [2.24, 2.45) is 0 Å². The highest BCUT2D eigenvalue weighted by molar-refractivity contribution is 6.30. The Morgan fingerprint density at radius 1 is 0.946 bits per heavy atom. The molecule has 1 heterocycles. The molecule has 3 rings (SSSR count). The zero-order chi connectivity index (χ0) is 27.2. The minimum Gasteiger partial charge on any atom is -0.459 e. The number of halogens is 1. The molecule has 2 N–H and O–H groups in total. The lowest BCUT2D eigenvalue weighted by atomic mass is 9.96. The standard InChI is InChI=1S/C29H34ClN3O4/c1-19(2)21-10-12-22(13-11-21)26(28(36)32-29(3,4)5)33(18-20-8-14-23(30)15-9-20)25(34)17-31-27(35)24-7-6-16-37-24/h6-16,19,26H,17-18H2,1-5H3,(H,31,35)(H,32,36). The normalized spacial score (nSPS) is 12.2. The van der Waals surface area contributed by atoms with E-state index in [0.29, 0.717) is 16.5 Å². The molecule has 1 atom stereocenters. The third kappa shape index (κ3) is 7.95. The summed E-state index contributed by atoms with van der Waals surface area (Å²) >= 11 is 6.06. The smallest absolute Gasteiger partial charge is 0.287 e. The molecule has 196 valence electrons. The Morgan fingerprint density at radius 2 is 1.57 bits per heavy atom. The van der Waals surface area contributed by atoms with Gasteiger partial charge in [0.25, 0.3) is 5.91 Å². The van der Waals surface area contributed by atoms with E-state index in [1.54, 1.807) is 18.2 Å². The van der Waals surface area contributed by atoms with Crippen molar-refractivity contribution in [1.82, 2.24) is 15.5 Å². The highest BCUT2D eigenvalue weighted by Crippen LogP contribution is 2.27. The maximum atomic E-state index is 13.7. The minimum absolute atomic E-state index is 0.100. The zero-order valence-electron chi connectivity index (χ0n) is 21.9. The van der Waals surface area contributed by atoms with E-state index in [2.05, 4.69) is 24.5 Å². The first-order chi connectivity index (χ1) is 17.4. The Labute approximate surface area is 223 Å². The Morgan fingerprint density at radius 3 is 2.11 bits per heavy atom. The van der Waals surface area contributed by atoms with Crippen LogP contribution in [-0.4, -0.2) is 34.7 Å². The fourth-order valence-corrected chi connectivity index (χ4v) is 3.96. The molecule has 0 aliphatic rings. The van der Waals surface area contributed by atoms with Crippen LogP contribution in [-0.2, 0) is 16.1 Å². The molecule has 1 aromatic heterocycles. The molecule has 3 amide bonds. The number of carbonyl (C=O) groups excluding carboxylic acids is 3. The van der Waals surface area contributed by atoms with Crippen LogP contribution in [0.2, 0.25) is 5.02 Å². The Hall–Kier alpha value is -3.58. The summed E-state index contributed by atoms with van der Waals surface area (Å²) < 4.78 is 5.12. The first-order valence-corrected chi connectivity index (χ1v) is 12.6. The summed E-state index contributed by atoms with van der Waals surface area (Å²) in [5, 5.41) is 6.19. The summed E-state index contributed by atoms with van der Waals surface area (Å²) in [6, 6.07) is 17.0. The molecule has 37 heavy (non-hydrogen) atoms. The van der Waals surface area contributed by atoms with E-state index in [0.717, 1.165) is 11.1 Å². The predicted molar refractivity (Wildman–Crippen MR) is 144 cm³/mol. The first-order valence-electron chi connectivity index (χ1n) is 12.2. The second-order valence-electron chi connectivity index (χ2n) is 10.3. The number of benzene rings is 2. The van der Waals surface area contributed by atoms with Crippen molar-refractivity contribution in [2.45, 2.75) is 58.7 Å². The molecule has 3 aromatic rings. The Kier molecular flexibility index (Phi) is 9.16. The van der Waals surface area contributed by atoms with E-state index < -0.39 is 23.4 Å². The molecule has 1 unspecified atom stereocenters. The van der Waals surface area contributed by atoms with Crippen molar-refractivity contribution in [3.8, 4) is 0 Å². The maximum Gasteiger partial charge on any atom is 0.287 e. The lowest BCUT2D eigenvalue weighted by Crippen LogP contribution is -2.50. The number of furan rings is 1. The van der Waals surface area contributed by atoms with E-state index in [4.69, 9.17) is 16.0 Å². The van der Waals surface area contributed by atoms with Gasteiger partial charge in [0.05, 0.1) is 12.8 Å². The summed E-state index contributed by atoms with van der Waals surface area (Å²) in [4.78, 5) is 41.2. The molecule has 0 bridgehead atoms. The van der Waals surface area contributed by atoms with Gasteiger partial charge in [-0.15, -0.1) is 0 Å². The number of nitrogens with zero attached hydrogens (tertiary/aromatic N) is 1. The minimum atomic E-state index is -0.927. The van der Waals surface area contributed by atoms with E-state index in [-0.39, 0.29) is 24.8 Å². The molecular formula is C29H34ClN3O4. The van der Waals surface area contributed by atoms with Gasteiger partial charge in [0.2, 0.25) is 11.8 Å². The largest absolute Gasteiger partial charge is 0.459 e. The Bertz CT molecular complexity index is 1200. The van der Waals surface area contributed by atoms with Gasteiger partial charge in [-0.3, -0.25) is 14.4 Å². The lowest BCUT2D eigenvalue weighted by Gasteiger charge is -2.34. The fraction of sp³-hybridized carbons (Fsp3) is 0.345. The summed E-state index contributed by atoms with van der Waals surface area (Å²) in [7, 11) is 0. The van der Waals surface area contributed by atoms with E-state index >= 15 is 0 Å². The molecule has 8 heteroatoms. The van der Waals surface area contributed by atoms with Gasteiger partial charge in [0.15, 0.2) is 5.76 Å². The summed E-state index contributed by atoms with van der Waals surface area (Å²) in [6.07, 6.45) is 1.39. The average Bonchev–Trinajstić information content (AvgIpc) is 3.37. The first kappa shape index (κ1) is 28.0. The lowest BCUT2D eigenvalue weighted by molar-refractivity contribution is -0.141. The molecule has 0 saturated carbocycles. The van der Waals surface area contributed by atoms with Crippen molar-refractivity contribution in [3.05, 3.63) is 94.4 Å². The van der Waals surface area contributed by atoms with Gasteiger partial charge < -0.3 is 20.0 Å². The molecule has 2 aromatic carbocycles. The van der Waals surface area contributed by atoms with Crippen LogP contribution in [0.3, 0.4) is 0 Å². The highest BCUT2D eigenvalue weighted by atomic mass is 35.5. The topological polar surface area (TPSA) is 91.7 Å². The number of rotatable bonds is 9. The summed E-state index contributed by atoms with van der Waals surface area (Å²) in [5.41, 5.74) is 2.07. The molecule has 7 nitrogen and oxygen atoms in total. The van der Waals surface area contributed by atoms with Crippen LogP contribution in [0.4, 0.5) is 0 Å². The van der Waals surface area contributed by atoms with Crippen molar-refractivity contribution in [2.75, 3.05) is 6.54 Å². The van der Waals surface area contributed by atoms with Crippen LogP contribution in [0.15, 0.2) is 71.3 Å². The van der Waals surface area contributed by atoms with Crippen molar-refractivity contribution < 1.29 is 18.8 Å². The quantitative estimate of drug-likeness (QED) is 0.389. The average molecular weight is 524 g/mol. The molecule has 0 radical (unpaired) electrons. The van der Waals surface area contributed by atoms with Crippen LogP contribution in [0.5, 0.6) is 0 Å². The van der Waals surface area contributed by atoms with Gasteiger partial charge in [0, 0.05) is 17.1 Å². The van der Waals surface area contributed by atoms with Crippen LogP contribution >= 0.6 is 11.6 Å². The van der Waals surface area contributed by atoms with Crippen LogP contribution in [0.25, 0.3) is 0 Å². The number of hydrogen-bond acceptors (Lipinski definition) is 4. The van der Waals surface area contributed by atoms with Crippen molar-refractivity contribution in [3.63, 3.8) is 0 Å². The predicted octanol–water partition coefficient (Wildman–Crippen LogP) is 5.47. The number of nitrogens with one attached hydrogen (secondary N) is 2. The van der Waals surface area contributed by atoms with Crippen LogP contribution in [0.1, 0.15) is 73.8 Å². The van der Waals surface area contributed by atoms with Gasteiger partial charge in [-0.2, -0.15) is 0 Å². The molecule has 0 saturated heterocycles. The molecule has 0 spiro atoms. The van der Waals surface area contributed by atoms with E-state index in [1.165, 1.54) is 17.2 Å². The summed E-state index contributed by atoms with van der Waals surface area (Å²) in [5.74, 6) is -0.828. The number of carbonyl (C=O) groups is 3. The maximum absolute atomic E-state index is 13.7. The molecule has 0 aliphatic carbocycles. The monoisotopic (exact) mass is 523 g/mol. The van der Waals surface area contributed by atoms with Crippen LogP contribution < -0.4 is 10.6 Å². The second kappa shape index (κ2) is 12.1. The molecule has 0 fully saturated rings. The Balaban J connectivity index is 1.98. The van der Waals surface area contributed by atoms with E-state index in [9.17, 15) is 14.4 Å². The van der Waals surface area contributed by atoms with Crippen LogP contribution in [0, 0.1) is 0 Å². The highest BCUT2D eigenvalue weighted by Gasteiger charge is 2.33. The zero-order valence-corrected chi connectivity index (χ0v) is 22.6. The van der Waals surface area contributed by atoms with Crippen molar-refractivity contribution in [1.29, 1.82) is 0 Å².